The fraction of sp³-hybridized carbons (Fsp3) is 0.846. The molecule has 1 saturated heterocycles. The van der Waals surface area contributed by atoms with Gasteiger partial charge in [-0.1, -0.05) is 13.8 Å². The monoisotopic (exact) mass is 309 g/mol. The van der Waals surface area contributed by atoms with E-state index < -0.39 is 24.0 Å². The Balaban J connectivity index is 2.60. The van der Waals surface area contributed by atoms with Crippen LogP contribution in [-0.4, -0.2) is 56.1 Å². The number of likely N-dealkylation sites (N-methyl/N-ethyl adjacent to an activating group) is 1. The summed E-state index contributed by atoms with van der Waals surface area (Å²) in [5, 5.41) is 4.90. The van der Waals surface area contributed by atoms with Gasteiger partial charge in [-0.2, -0.15) is 13.2 Å². The maximum Gasteiger partial charge on any atom is 0.405 e. The van der Waals surface area contributed by atoms with E-state index in [1.54, 1.807) is 5.32 Å². The molecule has 0 bridgehead atoms. The van der Waals surface area contributed by atoms with Gasteiger partial charge in [-0.25, -0.2) is 0 Å². The van der Waals surface area contributed by atoms with E-state index in [1.807, 2.05) is 13.8 Å². The van der Waals surface area contributed by atoms with Crippen LogP contribution >= 0.6 is 0 Å². The molecule has 122 valence electrons. The van der Waals surface area contributed by atoms with Gasteiger partial charge in [0, 0.05) is 13.6 Å². The van der Waals surface area contributed by atoms with Crippen LogP contribution in [0.4, 0.5) is 13.2 Å². The van der Waals surface area contributed by atoms with E-state index in [2.05, 4.69) is 5.32 Å². The lowest BCUT2D eigenvalue weighted by molar-refractivity contribution is -0.147. The zero-order valence-corrected chi connectivity index (χ0v) is 12.5. The van der Waals surface area contributed by atoms with Crippen LogP contribution in [0.1, 0.15) is 20.3 Å². The molecular formula is C13H22F3N3O2. The van der Waals surface area contributed by atoms with Crippen molar-refractivity contribution in [2.45, 2.75) is 26.4 Å². The summed E-state index contributed by atoms with van der Waals surface area (Å²) in [6, 6.07) is 0. The van der Waals surface area contributed by atoms with Crippen molar-refractivity contribution in [1.29, 1.82) is 0 Å². The highest BCUT2D eigenvalue weighted by Gasteiger charge is 2.45. The van der Waals surface area contributed by atoms with E-state index in [0.717, 1.165) is 6.54 Å². The second-order valence-electron chi connectivity index (χ2n) is 5.79. The molecule has 0 aromatic rings. The summed E-state index contributed by atoms with van der Waals surface area (Å²) in [4.78, 5) is 25.2. The summed E-state index contributed by atoms with van der Waals surface area (Å²) in [6.07, 6.45) is -3.79. The summed E-state index contributed by atoms with van der Waals surface area (Å²) in [7, 11) is 1.44. The molecule has 1 aliphatic rings. The lowest BCUT2D eigenvalue weighted by Crippen LogP contribution is -2.50. The van der Waals surface area contributed by atoms with Gasteiger partial charge in [0.05, 0.1) is 12.0 Å². The van der Waals surface area contributed by atoms with E-state index >= 15 is 0 Å². The largest absolute Gasteiger partial charge is 0.405 e. The van der Waals surface area contributed by atoms with Crippen LogP contribution in [0, 0.1) is 11.3 Å². The number of nitrogens with one attached hydrogen (secondary N) is 2. The van der Waals surface area contributed by atoms with Crippen LogP contribution in [0.15, 0.2) is 0 Å². The van der Waals surface area contributed by atoms with Crippen LogP contribution in [0.2, 0.25) is 0 Å². The van der Waals surface area contributed by atoms with Gasteiger partial charge in [-0.05, 0) is 18.9 Å². The second kappa shape index (κ2) is 6.64. The van der Waals surface area contributed by atoms with Gasteiger partial charge in [-0.3, -0.25) is 9.59 Å². The van der Waals surface area contributed by atoms with Crippen molar-refractivity contribution in [3.8, 4) is 0 Å². The molecule has 2 amide bonds. The van der Waals surface area contributed by atoms with Crippen LogP contribution in [0.25, 0.3) is 0 Å². The fourth-order valence-corrected chi connectivity index (χ4v) is 2.56. The zero-order valence-electron chi connectivity index (χ0n) is 12.5. The van der Waals surface area contributed by atoms with Crippen molar-refractivity contribution in [3.63, 3.8) is 0 Å². The number of hydrogen-bond acceptors (Lipinski definition) is 3. The Bertz CT molecular complexity index is 391. The Morgan fingerprint density at radius 3 is 2.43 bits per heavy atom. The first-order chi connectivity index (χ1) is 9.58. The molecule has 8 heteroatoms. The van der Waals surface area contributed by atoms with Crippen LogP contribution in [0.3, 0.4) is 0 Å². The standard InChI is InChI=1S/C13H22F3N3O2/c1-9(2)12(4-5-17-7-12)11(21)19(3)6-10(20)18-8-13(14,15)16/h9,17H,4-8H2,1-3H3,(H,18,20). The van der Waals surface area contributed by atoms with Crippen molar-refractivity contribution >= 4 is 11.8 Å². The molecule has 0 aliphatic carbocycles. The summed E-state index contributed by atoms with van der Waals surface area (Å²) >= 11 is 0. The predicted molar refractivity (Wildman–Crippen MR) is 71.5 cm³/mol. The Hall–Kier alpha value is -1.31. The van der Waals surface area contributed by atoms with E-state index in [-0.39, 0.29) is 18.4 Å². The van der Waals surface area contributed by atoms with E-state index in [0.29, 0.717) is 13.0 Å². The molecule has 1 aliphatic heterocycles. The molecule has 1 heterocycles. The number of halogens is 3. The van der Waals surface area contributed by atoms with Crippen molar-refractivity contribution in [1.82, 2.24) is 15.5 Å². The minimum Gasteiger partial charge on any atom is -0.345 e. The van der Waals surface area contributed by atoms with Gasteiger partial charge < -0.3 is 15.5 Å². The van der Waals surface area contributed by atoms with E-state index in [9.17, 15) is 22.8 Å². The van der Waals surface area contributed by atoms with Crippen LogP contribution in [-0.2, 0) is 9.59 Å². The third kappa shape index (κ3) is 4.59. The normalized spacial score (nSPS) is 22.4. The van der Waals surface area contributed by atoms with Gasteiger partial charge in [0.15, 0.2) is 0 Å². The molecule has 1 rings (SSSR count). The molecule has 5 nitrogen and oxygen atoms in total. The van der Waals surface area contributed by atoms with Crippen molar-refractivity contribution in [2.75, 3.05) is 33.2 Å². The summed E-state index contributed by atoms with van der Waals surface area (Å²) in [6.45, 7) is 3.36. The van der Waals surface area contributed by atoms with Gasteiger partial charge in [0.25, 0.3) is 0 Å². The summed E-state index contributed by atoms with van der Waals surface area (Å²) < 4.78 is 36.1. The highest BCUT2D eigenvalue weighted by Crippen LogP contribution is 2.35. The predicted octanol–water partition coefficient (Wildman–Crippen LogP) is 0.759. The average molecular weight is 309 g/mol. The molecule has 0 spiro atoms. The maximum atomic E-state index is 12.5. The van der Waals surface area contributed by atoms with Crippen molar-refractivity contribution in [2.24, 2.45) is 11.3 Å². The molecule has 2 N–H and O–H groups in total. The maximum absolute atomic E-state index is 12.5. The Labute approximate surface area is 122 Å². The number of carbonyl (C=O) groups excluding carboxylic acids is 2. The SMILES string of the molecule is CC(C)C1(C(=O)N(C)CC(=O)NCC(F)(F)F)CCNC1. The number of rotatable bonds is 5. The molecule has 1 fully saturated rings. The Morgan fingerprint density at radius 1 is 1.38 bits per heavy atom. The fourth-order valence-electron chi connectivity index (χ4n) is 2.56. The highest BCUT2D eigenvalue weighted by molar-refractivity contribution is 5.88. The van der Waals surface area contributed by atoms with Crippen molar-refractivity contribution in [3.05, 3.63) is 0 Å². The lowest BCUT2D eigenvalue weighted by atomic mass is 9.75. The average Bonchev–Trinajstić information content (AvgIpc) is 2.85. The van der Waals surface area contributed by atoms with Gasteiger partial charge in [0.1, 0.15) is 6.54 Å². The first-order valence-corrected chi connectivity index (χ1v) is 6.88. The Kier molecular flexibility index (Phi) is 5.61. The molecule has 0 radical (unpaired) electrons. The molecule has 1 atom stereocenters. The van der Waals surface area contributed by atoms with Crippen molar-refractivity contribution < 1.29 is 22.8 Å². The van der Waals surface area contributed by atoms with Gasteiger partial charge in [0.2, 0.25) is 11.8 Å². The highest BCUT2D eigenvalue weighted by atomic mass is 19.4. The molecule has 0 aromatic heterocycles. The summed E-state index contributed by atoms with van der Waals surface area (Å²) in [5.41, 5.74) is -0.584. The Morgan fingerprint density at radius 2 is 2.00 bits per heavy atom. The minimum atomic E-state index is -4.45. The number of nitrogens with zero attached hydrogens (tertiary/aromatic N) is 1. The second-order valence-corrected chi connectivity index (χ2v) is 5.79. The minimum absolute atomic E-state index is 0.0840. The van der Waals surface area contributed by atoms with Crippen LogP contribution in [0.5, 0.6) is 0 Å². The summed E-state index contributed by atoms with van der Waals surface area (Å²) in [5.74, 6) is -0.932. The quantitative estimate of drug-likeness (QED) is 0.788. The third-order valence-corrected chi connectivity index (χ3v) is 3.93. The molecule has 21 heavy (non-hydrogen) atoms. The molecule has 0 aromatic carbocycles. The first-order valence-electron chi connectivity index (χ1n) is 6.88. The van der Waals surface area contributed by atoms with Gasteiger partial charge >= 0.3 is 6.18 Å². The van der Waals surface area contributed by atoms with Gasteiger partial charge in [-0.15, -0.1) is 0 Å². The zero-order chi connectivity index (χ0) is 16.3. The molecule has 0 saturated carbocycles. The number of hydrogen-bond donors (Lipinski definition) is 2. The van der Waals surface area contributed by atoms with E-state index in [1.165, 1.54) is 11.9 Å². The van der Waals surface area contributed by atoms with E-state index in [4.69, 9.17) is 0 Å². The molecule has 1 unspecified atom stereocenters. The van der Waals surface area contributed by atoms with Crippen LogP contribution < -0.4 is 10.6 Å². The third-order valence-electron chi connectivity index (χ3n) is 3.93. The lowest BCUT2D eigenvalue weighted by Gasteiger charge is -2.34. The number of alkyl halides is 3. The number of amides is 2. The molecular weight excluding hydrogens is 287 g/mol. The smallest absolute Gasteiger partial charge is 0.345 e. The first kappa shape index (κ1) is 17.7. The topological polar surface area (TPSA) is 61.4 Å². The number of carbonyl (C=O) groups is 2.